The van der Waals surface area contributed by atoms with Crippen molar-refractivity contribution in [1.82, 2.24) is 14.5 Å². The minimum Gasteiger partial charge on any atom is -0.497 e. The Labute approximate surface area is 192 Å². The lowest BCUT2D eigenvalue weighted by molar-refractivity contribution is 0.0257. The summed E-state index contributed by atoms with van der Waals surface area (Å²) in [6.45, 7) is -0.295. The Hall–Kier alpha value is -2.33. The Morgan fingerprint density at radius 2 is 2.03 bits per heavy atom. The Morgan fingerprint density at radius 3 is 2.65 bits per heavy atom. The summed E-state index contributed by atoms with van der Waals surface area (Å²) >= 11 is 2.21. The average Bonchev–Trinajstić information content (AvgIpc) is 3.40. The van der Waals surface area contributed by atoms with Gasteiger partial charge in [0.25, 0.3) is 11.8 Å². The third-order valence-electron chi connectivity index (χ3n) is 4.94. The summed E-state index contributed by atoms with van der Waals surface area (Å²) in [5.74, 6) is -2.23. The van der Waals surface area contributed by atoms with Gasteiger partial charge >= 0.3 is 0 Å². The highest BCUT2D eigenvalue weighted by atomic mass is 127. The van der Waals surface area contributed by atoms with Gasteiger partial charge in [-0.3, -0.25) is 4.79 Å². The van der Waals surface area contributed by atoms with Crippen LogP contribution in [-0.4, -0.2) is 46.6 Å². The lowest BCUT2D eigenvalue weighted by Crippen LogP contribution is -2.27. The van der Waals surface area contributed by atoms with Gasteiger partial charge in [-0.2, -0.15) is 5.10 Å². The highest BCUT2D eigenvalue weighted by Gasteiger charge is 2.40. The number of benzene rings is 1. The first-order chi connectivity index (χ1) is 14.9. The summed E-state index contributed by atoms with van der Waals surface area (Å²) < 4.78 is 34.7. The Balaban J connectivity index is 1.74. The fourth-order valence-electron chi connectivity index (χ4n) is 3.39. The zero-order valence-corrected chi connectivity index (χ0v) is 19.6. The number of hydrogen-bond donors (Lipinski definition) is 1. The quantitative estimate of drug-likeness (QED) is 0.347. The minimum absolute atomic E-state index is 0.151. The standard InChI is InChI=1S/C20H19F2IN5O2P/c1-30-14-4-2-13(3-5-14)19(29)25-17-15(16-7-10-28(26-16)31-23)6-9-24-18(17)27-11-8-20(21,22)12-27/h2-7,9-10,31H,8,11-12H2,1H3,(H,25,29). The number of aromatic nitrogens is 3. The van der Waals surface area contributed by atoms with Crippen molar-refractivity contribution in [3.8, 4) is 17.0 Å². The molecule has 1 atom stereocenters. The predicted octanol–water partition coefficient (Wildman–Crippen LogP) is 4.84. The number of nitrogens with one attached hydrogen (secondary N) is 1. The van der Waals surface area contributed by atoms with Crippen LogP contribution in [0.25, 0.3) is 11.3 Å². The van der Waals surface area contributed by atoms with Gasteiger partial charge in [0.05, 0.1) is 31.4 Å². The van der Waals surface area contributed by atoms with Gasteiger partial charge < -0.3 is 15.0 Å². The maximum absolute atomic E-state index is 13.9. The van der Waals surface area contributed by atoms with E-state index in [-0.39, 0.29) is 18.9 Å². The number of alkyl halides is 2. The van der Waals surface area contributed by atoms with Gasteiger partial charge in [-0.1, -0.05) is 0 Å². The van der Waals surface area contributed by atoms with E-state index in [1.54, 1.807) is 48.1 Å². The van der Waals surface area contributed by atoms with E-state index in [1.165, 1.54) is 4.90 Å². The highest BCUT2D eigenvalue weighted by Crippen LogP contribution is 2.39. The van der Waals surface area contributed by atoms with Gasteiger partial charge in [-0.15, -0.1) is 0 Å². The van der Waals surface area contributed by atoms with Crippen LogP contribution in [0.15, 0.2) is 48.8 Å². The van der Waals surface area contributed by atoms with Crippen molar-refractivity contribution in [1.29, 1.82) is 0 Å². The molecule has 4 rings (SSSR count). The molecule has 162 valence electrons. The zero-order chi connectivity index (χ0) is 22.0. The predicted molar refractivity (Wildman–Crippen MR) is 126 cm³/mol. The van der Waals surface area contributed by atoms with Crippen molar-refractivity contribution in [2.24, 2.45) is 0 Å². The molecule has 31 heavy (non-hydrogen) atoms. The molecular formula is C20H19F2IN5O2P. The molecule has 1 unspecified atom stereocenters. The van der Waals surface area contributed by atoms with Crippen LogP contribution in [-0.2, 0) is 0 Å². The molecule has 0 bridgehead atoms. The topological polar surface area (TPSA) is 72.3 Å². The molecule has 0 aliphatic carbocycles. The van der Waals surface area contributed by atoms with Crippen LogP contribution in [0, 0.1) is 0 Å². The van der Waals surface area contributed by atoms with Gasteiger partial charge in [0, 0.05) is 36.5 Å². The molecule has 1 aliphatic heterocycles. The van der Waals surface area contributed by atoms with Crippen LogP contribution in [0.2, 0.25) is 0 Å². The van der Waals surface area contributed by atoms with E-state index in [4.69, 9.17) is 4.74 Å². The number of ether oxygens (including phenoxy) is 1. The first kappa shape index (κ1) is 21.9. The Kier molecular flexibility index (Phi) is 6.38. The van der Waals surface area contributed by atoms with Gasteiger partial charge in [-0.05, 0) is 58.4 Å². The van der Waals surface area contributed by atoms with Crippen LogP contribution in [0.5, 0.6) is 5.75 Å². The summed E-state index contributed by atoms with van der Waals surface area (Å²) in [6, 6.07) is 10.2. The second-order valence-electron chi connectivity index (χ2n) is 7.00. The number of rotatable bonds is 6. The number of pyridine rings is 1. The van der Waals surface area contributed by atoms with Crippen molar-refractivity contribution in [2.75, 3.05) is 30.4 Å². The monoisotopic (exact) mass is 557 g/mol. The summed E-state index contributed by atoms with van der Waals surface area (Å²) in [7, 11) is 1.55. The second kappa shape index (κ2) is 9.04. The molecule has 3 heterocycles. The molecule has 1 N–H and O–H groups in total. The molecule has 0 spiro atoms. The van der Waals surface area contributed by atoms with Gasteiger partial charge in [0.1, 0.15) is 5.75 Å². The number of methoxy groups -OCH3 is 1. The van der Waals surface area contributed by atoms with Crippen molar-refractivity contribution in [2.45, 2.75) is 12.3 Å². The smallest absolute Gasteiger partial charge is 0.266 e. The van der Waals surface area contributed by atoms with E-state index >= 15 is 0 Å². The lowest BCUT2D eigenvalue weighted by Gasteiger charge is -2.22. The molecule has 1 amide bonds. The summed E-state index contributed by atoms with van der Waals surface area (Å²) in [5, 5.41) is 7.40. The average molecular weight is 557 g/mol. The number of carbonyl (C=O) groups excluding carboxylic acids is 1. The van der Waals surface area contributed by atoms with Crippen LogP contribution >= 0.6 is 28.4 Å². The number of carbonyl (C=O) groups is 1. The third-order valence-corrected chi connectivity index (χ3v) is 6.85. The molecule has 1 aromatic carbocycles. The maximum Gasteiger partial charge on any atom is 0.266 e. The van der Waals surface area contributed by atoms with Gasteiger partial charge in [-0.25, -0.2) is 18.2 Å². The van der Waals surface area contributed by atoms with E-state index < -0.39 is 12.5 Å². The van der Waals surface area contributed by atoms with Crippen molar-refractivity contribution >= 4 is 45.8 Å². The Bertz CT molecular complexity index is 1090. The number of amides is 1. The molecule has 0 saturated carbocycles. The Morgan fingerprint density at radius 1 is 1.26 bits per heavy atom. The van der Waals surface area contributed by atoms with E-state index in [1.807, 2.05) is 12.3 Å². The van der Waals surface area contributed by atoms with Crippen molar-refractivity contribution < 1.29 is 18.3 Å². The second-order valence-corrected chi connectivity index (χ2v) is 9.07. The van der Waals surface area contributed by atoms with E-state index in [0.29, 0.717) is 40.4 Å². The fourth-order valence-corrected chi connectivity index (χ4v) is 4.47. The number of halogens is 3. The largest absolute Gasteiger partial charge is 0.497 e. The molecule has 3 aromatic rings. The van der Waals surface area contributed by atoms with Crippen molar-refractivity contribution in [3.63, 3.8) is 0 Å². The van der Waals surface area contributed by atoms with E-state index in [9.17, 15) is 13.6 Å². The molecule has 2 aromatic heterocycles. The normalized spacial score (nSPS) is 15.5. The molecule has 0 radical (unpaired) electrons. The van der Waals surface area contributed by atoms with Gasteiger partial charge in [0.2, 0.25) is 0 Å². The molecule has 11 heteroatoms. The molecule has 1 saturated heterocycles. The van der Waals surface area contributed by atoms with E-state index in [2.05, 4.69) is 37.4 Å². The maximum atomic E-state index is 13.9. The third kappa shape index (κ3) is 4.79. The van der Waals surface area contributed by atoms with Gasteiger partial charge in [0.15, 0.2) is 5.82 Å². The molecule has 1 aliphatic rings. The molecule has 7 nitrogen and oxygen atoms in total. The number of hydrogen-bond acceptors (Lipinski definition) is 5. The van der Waals surface area contributed by atoms with Crippen molar-refractivity contribution in [3.05, 3.63) is 54.4 Å². The van der Waals surface area contributed by atoms with E-state index in [0.717, 1.165) is 0 Å². The molecule has 1 fully saturated rings. The summed E-state index contributed by atoms with van der Waals surface area (Å²) in [6.07, 6.45) is 3.54. The minimum atomic E-state index is -2.79. The summed E-state index contributed by atoms with van der Waals surface area (Å²) in [5.41, 5.74) is 2.02. The SMILES string of the molecule is COc1ccc(C(=O)Nc2c(-c3ccn(PI)n3)ccnc2N2CCC(F)(F)C2)cc1. The number of anilines is 2. The lowest BCUT2D eigenvalue weighted by atomic mass is 10.1. The van der Waals surface area contributed by atoms with Crippen LogP contribution in [0.3, 0.4) is 0 Å². The van der Waals surface area contributed by atoms with Crippen LogP contribution < -0.4 is 15.0 Å². The molecular weight excluding hydrogens is 538 g/mol. The fraction of sp³-hybridized carbons (Fsp3) is 0.250. The zero-order valence-electron chi connectivity index (χ0n) is 16.5. The van der Waals surface area contributed by atoms with Crippen LogP contribution in [0.1, 0.15) is 16.8 Å². The first-order valence-corrected chi connectivity index (χ1v) is 13.5. The summed E-state index contributed by atoms with van der Waals surface area (Å²) in [4.78, 5) is 18.8. The first-order valence-electron chi connectivity index (χ1n) is 9.40. The highest BCUT2D eigenvalue weighted by molar-refractivity contribution is 14.2. The number of nitrogens with zero attached hydrogens (tertiary/aromatic N) is 4. The van der Waals surface area contributed by atoms with Crippen LogP contribution in [0.4, 0.5) is 20.3 Å².